The Hall–Kier alpha value is -2.18. The Morgan fingerprint density at radius 3 is 2.55 bits per heavy atom. The van der Waals surface area contributed by atoms with Gasteiger partial charge in [-0.25, -0.2) is 9.59 Å². The molecule has 2 aliphatic carbocycles. The van der Waals surface area contributed by atoms with Crippen LogP contribution in [-0.2, 0) is 23.8 Å². The summed E-state index contributed by atoms with van der Waals surface area (Å²) >= 11 is 0. The fraction of sp³-hybridized carbons (Fsp3) is 0.565. The van der Waals surface area contributed by atoms with Gasteiger partial charge in [-0.15, -0.1) is 0 Å². The summed E-state index contributed by atoms with van der Waals surface area (Å²) in [6, 6.07) is 0. The molecular weight excluding hydrogens is 372 g/mol. The number of hydrogen-bond donors (Lipinski definition) is 1. The maximum Gasteiger partial charge on any atom is 0.331 e. The maximum atomic E-state index is 12.5. The molecule has 2 saturated heterocycles. The zero-order valence-electron chi connectivity index (χ0n) is 17.1. The second-order valence-corrected chi connectivity index (χ2v) is 8.96. The molecule has 6 atom stereocenters. The van der Waals surface area contributed by atoms with E-state index in [1.165, 1.54) is 17.7 Å². The number of fused-ring (bicyclic) bond motifs is 2. The molecule has 2 aliphatic heterocycles. The largest absolute Gasteiger partial charge is 0.478 e. The minimum atomic E-state index is -1.02. The van der Waals surface area contributed by atoms with E-state index in [0.29, 0.717) is 13.0 Å². The zero-order valence-corrected chi connectivity index (χ0v) is 17.1. The second kappa shape index (κ2) is 6.96. The summed E-state index contributed by atoms with van der Waals surface area (Å²) in [5.41, 5.74) is 0.525. The number of rotatable bonds is 5. The molecular formula is C23H28O6. The second-order valence-electron chi connectivity index (χ2n) is 8.96. The molecule has 0 aromatic heterocycles. The number of epoxide rings is 1. The van der Waals surface area contributed by atoms with Crippen LogP contribution in [0.5, 0.6) is 0 Å². The standard InChI is InChI=1S/C23H28O6/c1-15-10-11-21(2)16(12-15)28-18-13-17(22(21,3)23(18)14-27-23)29-20(26)9-7-5-4-6-8-19(24)25/h4-9,12,16-18H,10-11,13-14H2,1-3H3,(H,24,25). The van der Waals surface area contributed by atoms with Crippen molar-refractivity contribution in [2.45, 2.75) is 63.9 Å². The lowest BCUT2D eigenvalue weighted by molar-refractivity contribution is -0.209. The van der Waals surface area contributed by atoms with Crippen molar-refractivity contribution in [2.24, 2.45) is 10.8 Å². The van der Waals surface area contributed by atoms with Crippen LogP contribution in [0.25, 0.3) is 0 Å². The molecule has 156 valence electrons. The van der Waals surface area contributed by atoms with E-state index < -0.39 is 11.9 Å². The summed E-state index contributed by atoms with van der Waals surface area (Å²) in [6.07, 6.45) is 13.0. The Morgan fingerprint density at radius 1 is 1.21 bits per heavy atom. The monoisotopic (exact) mass is 400 g/mol. The first-order chi connectivity index (χ1) is 13.7. The van der Waals surface area contributed by atoms with Gasteiger partial charge in [0, 0.05) is 29.4 Å². The summed E-state index contributed by atoms with van der Waals surface area (Å²) in [5.74, 6) is -1.43. The van der Waals surface area contributed by atoms with Crippen LogP contribution in [0.4, 0.5) is 0 Å². The number of esters is 1. The average molecular weight is 400 g/mol. The Balaban J connectivity index is 1.51. The summed E-state index contributed by atoms with van der Waals surface area (Å²) < 4.78 is 18.4. The summed E-state index contributed by atoms with van der Waals surface area (Å²) in [4.78, 5) is 22.9. The van der Waals surface area contributed by atoms with Gasteiger partial charge < -0.3 is 19.3 Å². The molecule has 1 N–H and O–H groups in total. The van der Waals surface area contributed by atoms with Crippen LogP contribution in [0.15, 0.2) is 48.1 Å². The Bertz CT molecular complexity index is 832. The molecule has 4 aliphatic rings. The van der Waals surface area contributed by atoms with Gasteiger partial charge in [0.15, 0.2) is 0 Å². The van der Waals surface area contributed by atoms with Crippen LogP contribution in [-0.4, -0.2) is 47.6 Å². The lowest BCUT2D eigenvalue weighted by atomic mass is 9.52. The van der Waals surface area contributed by atoms with E-state index in [9.17, 15) is 9.59 Å². The maximum absolute atomic E-state index is 12.5. The highest BCUT2D eigenvalue weighted by Gasteiger charge is 2.81. The fourth-order valence-corrected chi connectivity index (χ4v) is 5.60. The number of allylic oxidation sites excluding steroid dienone is 5. The Labute approximate surface area is 170 Å². The quantitative estimate of drug-likeness (QED) is 0.250. The van der Waals surface area contributed by atoms with Gasteiger partial charge in [0.2, 0.25) is 0 Å². The molecule has 6 unspecified atom stereocenters. The van der Waals surface area contributed by atoms with E-state index in [4.69, 9.17) is 19.3 Å². The highest BCUT2D eigenvalue weighted by atomic mass is 16.6. The summed E-state index contributed by atoms with van der Waals surface area (Å²) in [5, 5.41) is 8.54. The van der Waals surface area contributed by atoms with E-state index in [1.807, 2.05) is 0 Å². The van der Waals surface area contributed by atoms with Crippen LogP contribution in [0.1, 0.15) is 40.0 Å². The van der Waals surface area contributed by atoms with Crippen molar-refractivity contribution >= 4 is 11.9 Å². The first-order valence-electron chi connectivity index (χ1n) is 10.1. The normalized spacial score (nSPS) is 43.1. The molecule has 0 radical (unpaired) electrons. The molecule has 0 amide bonds. The predicted octanol–water partition coefficient (Wildman–Crippen LogP) is 3.34. The third-order valence-corrected chi connectivity index (χ3v) is 7.59. The number of carboxylic acids is 1. The highest BCUT2D eigenvalue weighted by molar-refractivity contribution is 5.82. The Kier molecular flexibility index (Phi) is 4.82. The van der Waals surface area contributed by atoms with Gasteiger partial charge in [-0.2, -0.15) is 0 Å². The topological polar surface area (TPSA) is 85.4 Å². The first kappa shape index (κ1) is 20.1. The van der Waals surface area contributed by atoms with E-state index >= 15 is 0 Å². The van der Waals surface area contributed by atoms with E-state index in [2.05, 4.69) is 26.8 Å². The van der Waals surface area contributed by atoms with E-state index in [1.54, 1.807) is 18.2 Å². The van der Waals surface area contributed by atoms with Crippen LogP contribution >= 0.6 is 0 Å². The molecule has 2 bridgehead atoms. The van der Waals surface area contributed by atoms with Gasteiger partial charge in [0.25, 0.3) is 0 Å². The third kappa shape index (κ3) is 3.01. The number of carbonyl (C=O) groups is 2. The number of hydrogen-bond acceptors (Lipinski definition) is 5. The minimum Gasteiger partial charge on any atom is -0.478 e. The lowest BCUT2D eigenvalue weighted by Gasteiger charge is -2.57. The SMILES string of the molecule is CC1=CC2OC3CC(OC(=O)C=CC=CC=CC(=O)O)C(C)(C2(C)CC1)C31CO1. The average Bonchev–Trinajstić information content (AvgIpc) is 3.43. The van der Waals surface area contributed by atoms with Gasteiger partial charge in [-0.1, -0.05) is 49.8 Å². The molecule has 1 spiro atoms. The van der Waals surface area contributed by atoms with Gasteiger partial charge in [-0.05, 0) is 19.8 Å². The van der Waals surface area contributed by atoms with Gasteiger partial charge >= 0.3 is 11.9 Å². The molecule has 6 nitrogen and oxygen atoms in total. The number of carbonyl (C=O) groups excluding carboxylic acids is 1. The number of aliphatic carboxylic acids is 1. The smallest absolute Gasteiger partial charge is 0.331 e. The number of carboxylic acid groups (broad SMARTS) is 1. The minimum absolute atomic E-state index is 0.0178. The van der Waals surface area contributed by atoms with Crippen molar-refractivity contribution in [2.75, 3.05) is 6.61 Å². The van der Waals surface area contributed by atoms with Crippen molar-refractivity contribution in [3.63, 3.8) is 0 Å². The van der Waals surface area contributed by atoms with Gasteiger partial charge in [0.05, 0.1) is 18.8 Å². The molecule has 29 heavy (non-hydrogen) atoms. The van der Waals surface area contributed by atoms with Crippen LogP contribution in [0, 0.1) is 10.8 Å². The highest BCUT2D eigenvalue weighted by Crippen LogP contribution is 2.71. The van der Waals surface area contributed by atoms with Gasteiger partial charge in [-0.3, -0.25) is 0 Å². The molecule has 4 rings (SSSR count). The molecule has 6 heteroatoms. The van der Waals surface area contributed by atoms with E-state index in [-0.39, 0.29) is 34.7 Å². The summed E-state index contributed by atoms with van der Waals surface area (Å²) in [6.45, 7) is 7.26. The van der Waals surface area contributed by atoms with Crippen molar-refractivity contribution < 1.29 is 28.9 Å². The van der Waals surface area contributed by atoms with Crippen LogP contribution in [0.3, 0.4) is 0 Å². The number of ether oxygens (including phenoxy) is 3. The van der Waals surface area contributed by atoms with Crippen molar-refractivity contribution in [1.82, 2.24) is 0 Å². The predicted molar refractivity (Wildman–Crippen MR) is 106 cm³/mol. The first-order valence-corrected chi connectivity index (χ1v) is 10.1. The molecule has 3 fully saturated rings. The summed E-state index contributed by atoms with van der Waals surface area (Å²) in [7, 11) is 0. The molecule has 1 saturated carbocycles. The fourth-order valence-electron chi connectivity index (χ4n) is 5.60. The van der Waals surface area contributed by atoms with Crippen LogP contribution < -0.4 is 0 Å². The Morgan fingerprint density at radius 2 is 1.90 bits per heavy atom. The zero-order chi connectivity index (χ0) is 20.9. The lowest BCUT2D eigenvalue weighted by Crippen LogP contribution is -2.63. The molecule has 2 heterocycles. The molecule has 0 aromatic carbocycles. The van der Waals surface area contributed by atoms with Crippen molar-refractivity contribution in [1.29, 1.82) is 0 Å². The van der Waals surface area contributed by atoms with Gasteiger partial charge in [0.1, 0.15) is 11.7 Å². The molecule has 0 aromatic rings. The van der Waals surface area contributed by atoms with Crippen molar-refractivity contribution in [3.8, 4) is 0 Å². The van der Waals surface area contributed by atoms with Crippen molar-refractivity contribution in [3.05, 3.63) is 48.1 Å². The van der Waals surface area contributed by atoms with Crippen LogP contribution in [0.2, 0.25) is 0 Å². The van der Waals surface area contributed by atoms with E-state index in [0.717, 1.165) is 18.9 Å². The third-order valence-electron chi connectivity index (χ3n) is 7.59.